The molecule has 0 amide bonds. The van der Waals surface area contributed by atoms with E-state index in [1.165, 1.54) is 0 Å². The van der Waals surface area contributed by atoms with Crippen molar-refractivity contribution in [3.05, 3.63) is 231 Å². The average Bonchev–Trinajstić information content (AvgIpc) is 0.757. The summed E-state index contributed by atoms with van der Waals surface area (Å²) in [5.41, 5.74) is 20.6. The minimum Gasteiger partial charge on any atom is -0.736 e. The van der Waals surface area contributed by atoms with Crippen molar-refractivity contribution in [2.24, 2.45) is 0 Å². The van der Waals surface area contributed by atoms with Crippen LogP contribution in [0.15, 0.2) is 97.1 Å². The van der Waals surface area contributed by atoms with Gasteiger partial charge < -0.3 is 55.8 Å². The SMILES string of the molecule is CC(C)(C)c1cc2c(c(C(C)(C)C)c1)OP(=O)([O-])Oc1c(cc(C(C)(C)C)cc1C(C)(C)C)C2.CC(C)(C)c1cc2c(c(C(C)(C)C)c1)OP(=O)([O-])Oc1c(cc(C(C)(C)C)cc1C(C)(C)C)C2.Cc1cc(C)c2c(c1)C(C)c1cc(C)cc(C)c1OP(=O)([O-])O2.Cc1cc2c(c(C(C)(C)C)c1)OP(=O)([O-])Oc1c(cc(C)cc1C(C)(C)C)C2.[K+].[Li+].[Li+].[Na+]. The van der Waals surface area contributed by atoms with Gasteiger partial charge in [0.25, 0.3) is 0 Å². The molecule has 0 spiro atoms. The Bertz CT molecular complexity index is 4990. The number of hydrogen-bond donors (Lipinski definition) is 0. The van der Waals surface area contributed by atoms with Gasteiger partial charge in [-0.1, -0.05) is 334 Å². The fraction of sp³-hybridized carbons (Fsp3) is 0.515. The van der Waals surface area contributed by atoms with Gasteiger partial charge in [-0.25, -0.2) is 18.3 Å². The van der Waals surface area contributed by atoms with E-state index < -0.39 is 31.3 Å². The molecule has 0 saturated heterocycles. The van der Waals surface area contributed by atoms with Gasteiger partial charge in [0.05, 0.1) is 0 Å². The standard InChI is InChI=1S/2C29H43O4P.C23H31O4P.C18H21O4P.K.2Li.Na/c2*1-26(2,3)20-14-18-13-19-15-21(27(4,5)6)17-23(29(10,11)12)25(19)33-34(30,31)32-24(18)22(16-20)28(7,8)9;1-14-9-16-13-17-10-15(2)12-19(23(6,7)8)21(17)27-28(24,25)26-20(16)18(11-14)22(3,4)5;1-10-6-12(3)17-15(8-10)14(5)16-9-11(2)7-13(4)18(16)22-23(19,20)21-17;;;;/h2*14-17H,13H2,1-12H3,(H,30,31);9-12H,13H2,1-8H3,(H,24,25);6-9,14H,1-5H3,(H,19,20);;;;/q;;;;4*+1/p-4. The summed E-state index contributed by atoms with van der Waals surface area (Å²) in [6, 6.07) is 32.6. The van der Waals surface area contributed by atoms with Crippen LogP contribution in [-0.4, -0.2) is 0 Å². The maximum atomic E-state index is 13.3. The fourth-order valence-corrected chi connectivity index (χ4v) is 19.3. The zero-order valence-corrected chi connectivity index (χ0v) is 91.0. The number of fused-ring (bicyclic) bond motifs is 8. The molecule has 0 atom stereocenters. The third-order valence-electron chi connectivity index (χ3n) is 22.2. The van der Waals surface area contributed by atoms with Crippen LogP contribution in [0.3, 0.4) is 0 Å². The molecule has 16 nitrogen and oxygen atoms in total. The second-order valence-corrected chi connectivity index (χ2v) is 49.0. The van der Waals surface area contributed by atoms with Crippen LogP contribution in [0.5, 0.6) is 46.0 Å². The van der Waals surface area contributed by atoms with Crippen LogP contribution in [0.4, 0.5) is 0 Å². The van der Waals surface area contributed by atoms with E-state index in [9.17, 15) is 37.8 Å². The van der Waals surface area contributed by atoms with Gasteiger partial charge in [0, 0.05) is 69.7 Å². The van der Waals surface area contributed by atoms with Crippen LogP contribution in [-0.2, 0) is 91.7 Å². The number of phosphoric acid groups is 4. The molecule has 8 aromatic carbocycles. The normalized spacial score (nSPS) is 17.1. The first kappa shape index (κ1) is 110. The molecule has 12 rings (SSSR count). The van der Waals surface area contributed by atoms with Crippen molar-refractivity contribution < 1.29 is 193 Å². The molecule has 123 heavy (non-hydrogen) atoms. The van der Waals surface area contributed by atoms with Crippen molar-refractivity contribution in [2.75, 3.05) is 0 Å². The monoisotopic (exact) mass is 1780 g/mol. The van der Waals surface area contributed by atoms with Crippen LogP contribution >= 0.6 is 31.3 Å². The summed E-state index contributed by atoms with van der Waals surface area (Å²) in [6.07, 6.45) is 1.62. The molecule has 0 unspecified atom stereocenters. The van der Waals surface area contributed by atoms with Gasteiger partial charge in [0.15, 0.2) is 0 Å². The second kappa shape index (κ2) is 38.5. The number of hydrogen-bond acceptors (Lipinski definition) is 16. The van der Waals surface area contributed by atoms with Crippen LogP contribution in [0, 0.1) is 41.5 Å². The second-order valence-electron chi connectivity index (χ2n) is 43.9. The Morgan fingerprint density at radius 2 is 0.415 bits per heavy atom. The van der Waals surface area contributed by atoms with Crippen molar-refractivity contribution >= 4 is 31.3 Å². The van der Waals surface area contributed by atoms with Gasteiger partial charge in [0.1, 0.15) is 46.0 Å². The predicted molar refractivity (Wildman–Crippen MR) is 478 cm³/mol. The third-order valence-corrected chi connectivity index (χ3v) is 25.4. The molecule has 0 saturated carbocycles. The van der Waals surface area contributed by atoms with E-state index in [1.807, 2.05) is 97.0 Å². The molecule has 24 heteroatoms. The van der Waals surface area contributed by atoms with E-state index in [-0.39, 0.29) is 179 Å². The maximum absolute atomic E-state index is 13.3. The van der Waals surface area contributed by atoms with Gasteiger partial charge >= 0.3 is 150 Å². The van der Waals surface area contributed by atoms with Gasteiger partial charge in [-0.2, -0.15) is 0 Å². The Morgan fingerprint density at radius 1 is 0.252 bits per heavy atom. The van der Waals surface area contributed by atoms with Crippen LogP contribution in [0.25, 0.3) is 0 Å². The molecule has 0 radical (unpaired) electrons. The first-order valence-corrected chi connectivity index (χ1v) is 47.4. The Kier molecular flexibility index (Phi) is 34.5. The number of rotatable bonds is 0. The van der Waals surface area contributed by atoms with Crippen LogP contribution < -0.4 is 174 Å². The van der Waals surface area contributed by atoms with E-state index in [2.05, 4.69) is 256 Å². The van der Waals surface area contributed by atoms with Gasteiger partial charge in [-0.05, 0) is 162 Å². The minimum absolute atomic E-state index is 0. The summed E-state index contributed by atoms with van der Waals surface area (Å²) < 4.78 is 96.4. The minimum atomic E-state index is -4.68. The summed E-state index contributed by atoms with van der Waals surface area (Å²) in [5.74, 6) is 3.16. The van der Waals surface area contributed by atoms with Crippen molar-refractivity contribution in [3.63, 3.8) is 0 Å². The molecule has 0 N–H and O–H groups in total. The van der Waals surface area contributed by atoms with E-state index in [4.69, 9.17) is 36.2 Å². The number of benzene rings is 8. The van der Waals surface area contributed by atoms with Gasteiger partial charge in [-0.15, -0.1) is 0 Å². The van der Waals surface area contributed by atoms with Crippen molar-refractivity contribution in [1.82, 2.24) is 0 Å². The number of aryl methyl sites for hydroxylation is 6. The fourth-order valence-electron chi connectivity index (χ4n) is 15.6. The first-order chi connectivity index (χ1) is 53.5. The quantitative estimate of drug-likeness (QED) is 0.101. The number of phosphoric ester groups is 4. The van der Waals surface area contributed by atoms with Crippen LogP contribution in [0.1, 0.15) is 354 Å². The molecule has 4 aliphatic rings. The Hall–Kier alpha value is -3.25. The molecule has 0 aliphatic carbocycles. The molecular formula is C99H134KLi2NaO16P4. The van der Waals surface area contributed by atoms with E-state index in [0.29, 0.717) is 65.3 Å². The first-order valence-electron chi connectivity index (χ1n) is 41.6. The zero-order valence-electron chi connectivity index (χ0n) is 82.3. The molecule has 8 aromatic rings. The molecule has 0 aromatic heterocycles. The van der Waals surface area contributed by atoms with Gasteiger partial charge in [-0.3, -0.25) is 0 Å². The summed E-state index contributed by atoms with van der Waals surface area (Å²) in [6.45, 7) is 77.2. The van der Waals surface area contributed by atoms with Crippen LogP contribution in [0.2, 0.25) is 0 Å². The molecule has 650 valence electrons. The Morgan fingerprint density at radius 3 is 0.593 bits per heavy atom. The molecule has 0 bridgehead atoms. The van der Waals surface area contributed by atoms with Crippen molar-refractivity contribution in [2.45, 2.75) is 336 Å². The largest absolute Gasteiger partial charge is 1.00 e. The molecule has 4 aliphatic heterocycles. The third kappa shape index (κ3) is 27.0. The topological polar surface area (TPSA) is 234 Å². The molecule has 4 heterocycles. The Labute approximate surface area is 827 Å². The summed E-state index contributed by atoms with van der Waals surface area (Å²) in [4.78, 5) is 51.7. The van der Waals surface area contributed by atoms with Crippen molar-refractivity contribution in [1.29, 1.82) is 0 Å². The smallest absolute Gasteiger partial charge is 0.736 e. The van der Waals surface area contributed by atoms with E-state index >= 15 is 0 Å². The molecular weight excluding hydrogens is 1640 g/mol. The zero-order chi connectivity index (χ0) is 90.1. The summed E-state index contributed by atoms with van der Waals surface area (Å²) >= 11 is 0. The van der Waals surface area contributed by atoms with E-state index in [1.54, 1.807) is 0 Å². The van der Waals surface area contributed by atoms with Crippen molar-refractivity contribution in [3.8, 4) is 46.0 Å². The average molecular weight is 1780 g/mol. The molecule has 0 fully saturated rings. The maximum Gasteiger partial charge on any atom is 1.00 e. The predicted octanol–water partition coefficient (Wildman–Crippen LogP) is 13.5. The Balaban J connectivity index is 0.000000291. The summed E-state index contributed by atoms with van der Waals surface area (Å²) in [7, 11) is -18.4. The summed E-state index contributed by atoms with van der Waals surface area (Å²) in [5, 5.41) is 0. The van der Waals surface area contributed by atoms with Gasteiger partial charge in [0.2, 0.25) is 0 Å². The van der Waals surface area contributed by atoms with E-state index in [0.717, 1.165) is 134 Å².